The van der Waals surface area contributed by atoms with Crippen LogP contribution in [0.3, 0.4) is 0 Å². The van der Waals surface area contributed by atoms with Crippen LogP contribution in [0.1, 0.15) is 45.4 Å². The summed E-state index contributed by atoms with van der Waals surface area (Å²) in [6.07, 6.45) is 8.34. The van der Waals surface area contributed by atoms with E-state index in [0.29, 0.717) is 0 Å². The van der Waals surface area contributed by atoms with Crippen LogP contribution in [0.4, 0.5) is 0 Å². The second kappa shape index (κ2) is 4.39. The smallest absolute Gasteiger partial charge is 0.0117 e. The SMILES string of the molecule is CC#CCC1CCCCC1. The molecule has 0 atom stereocenters. The molecule has 1 fully saturated rings. The standard InChI is InChI=1S/C10H16/c1-2-3-7-10-8-5-4-6-9-10/h10H,4-9H2,1H3. The van der Waals surface area contributed by atoms with E-state index < -0.39 is 0 Å². The number of hydrogen-bond donors (Lipinski definition) is 0. The van der Waals surface area contributed by atoms with Crippen molar-refractivity contribution >= 4 is 0 Å². The largest absolute Gasteiger partial charge is 0.107 e. The first kappa shape index (κ1) is 7.66. The van der Waals surface area contributed by atoms with Crippen molar-refractivity contribution in [1.29, 1.82) is 0 Å². The van der Waals surface area contributed by atoms with Crippen LogP contribution >= 0.6 is 0 Å². The molecule has 0 heterocycles. The van der Waals surface area contributed by atoms with Gasteiger partial charge in [0.05, 0.1) is 0 Å². The van der Waals surface area contributed by atoms with Gasteiger partial charge in [0.2, 0.25) is 0 Å². The molecule has 0 aromatic carbocycles. The first-order chi connectivity index (χ1) is 4.93. The van der Waals surface area contributed by atoms with Crippen LogP contribution in [-0.4, -0.2) is 0 Å². The molecular formula is C10H16. The Labute approximate surface area is 64.0 Å². The lowest BCUT2D eigenvalue weighted by Crippen LogP contribution is -2.04. The van der Waals surface area contributed by atoms with Gasteiger partial charge in [-0.2, -0.15) is 0 Å². The summed E-state index contributed by atoms with van der Waals surface area (Å²) in [6, 6.07) is 0. The van der Waals surface area contributed by atoms with Gasteiger partial charge < -0.3 is 0 Å². The van der Waals surface area contributed by atoms with Crippen LogP contribution < -0.4 is 0 Å². The van der Waals surface area contributed by atoms with E-state index in [1.165, 1.54) is 32.1 Å². The third-order valence-electron chi connectivity index (χ3n) is 2.29. The van der Waals surface area contributed by atoms with E-state index in [2.05, 4.69) is 11.8 Å². The van der Waals surface area contributed by atoms with E-state index in [1.807, 2.05) is 6.92 Å². The Morgan fingerprint density at radius 3 is 2.50 bits per heavy atom. The maximum atomic E-state index is 3.17. The van der Waals surface area contributed by atoms with Crippen molar-refractivity contribution in [1.82, 2.24) is 0 Å². The first-order valence-electron chi connectivity index (χ1n) is 4.33. The molecule has 1 rings (SSSR count). The molecule has 0 unspecified atom stereocenters. The fourth-order valence-corrected chi connectivity index (χ4v) is 1.64. The summed E-state index contributed by atoms with van der Waals surface area (Å²) in [5, 5.41) is 0. The lowest BCUT2D eigenvalue weighted by atomic mass is 9.87. The number of rotatable bonds is 1. The monoisotopic (exact) mass is 136 g/mol. The molecule has 0 N–H and O–H groups in total. The Balaban J connectivity index is 2.17. The van der Waals surface area contributed by atoms with E-state index in [4.69, 9.17) is 0 Å². The molecule has 0 aliphatic heterocycles. The fraction of sp³-hybridized carbons (Fsp3) is 0.800. The summed E-state index contributed by atoms with van der Waals surface area (Å²) in [5.74, 6) is 7.06. The van der Waals surface area contributed by atoms with Gasteiger partial charge in [0.25, 0.3) is 0 Å². The van der Waals surface area contributed by atoms with Crippen molar-refractivity contribution in [2.24, 2.45) is 5.92 Å². The average Bonchev–Trinajstić information content (AvgIpc) is 2.03. The van der Waals surface area contributed by atoms with E-state index in [9.17, 15) is 0 Å². The fourth-order valence-electron chi connectivity index (χ4n) is 1.64. The van der Waals surface area contributed by atoms with Gasteiger partial charge in [0, 0.05) is 6.42 Å². The molecule has 0 aromatic heterocycles. The summed E-state index contributed by atoms with van der Waals surface area (Å²) in [5.41, 5.74) is 0. The normalized spacial score (nSPS) is 19.7. The zero-order valence-corrected chi connectivity index (χ0v) is 6.82. The van der Waals surface area contributed by atoms with Crippen molar-refractivity contribution in [3.05, 3.63) is 0 Å². The van der Waals surface area contributed by atoms with E-state index >= 15 is 0 Å². The zero-order valence-electron chi connectivity index (χ0n) is 6.82. The van der Waals surface area contributed by atoms with Crippen LogP contribution in [0.25, 0.3) is 0 Å². The Bertz CT molecular complexity index is 130. The predicted octanol–water partition coefficient (Wildman–Crippen LogP) is 2.98. The lowest BCUT2D eigenvalue weighted by Gasteiger charge is -2.18. The minimum Gasteiger partial charge on any atom is -0.107 e. The summed E-state index contributed by atoms with van der Waals surface area (Å²) >= 11 is 0. The van der Waals surface area contributed by atoms with Gasteiger partial charge >= 0.3 is 0 Å². The quantitative estimate of drug-likeness (QED) is 0.486. The highest BCUT2D eigenvalue weighted by Gasteiger charge is 2.10. The van der Waals surface area contributed by atoms with E-state index in [0.717, 1.165) is 12.3 Å². The highest BCUT2D eigenvalue weighted by molar-refractivity contribution is 4.96. The molecule has 1 aliphatic rings. The highest BCUT2D eigenvalue weighted by Crippen LogP contribution is 2.25. The molecule has 0 radical (unpaired) electrons. The van der Waals surface area contributed by atoms with Crippen LogP contribution in [-0.2, 0) is 0 Å². The summed E-state index contributed by atoms with van der Waals surface area (Å²) in [4.78, 5) is 0. The second-order valence-corrected chi connectivity index (χ2v) is 3.13. The number of hydrogen-bond acceptors (Lipinski definition) is 0. The molecule has 0 amide bonds. The Hall–Kier alpha value is -0.440. The van der Waals surface area contributed by atoms with Gasteiger partial charge in [0.1, 0.15) is 0 Å². The molecule has 1 aliphatic carbocycles. The van der Waals surface area contributed by atoms with Gasteiger partial charge in [-0.05, 0) is 25.7 Å². The lowest BCUT2D eigenvalue weighted by molar-refractivity contribution is 0.365. The highest BCUT2D eigenvalue weighted by atomic mass is 14.2. The molecule has 10 heavy (non-hydrogen) atoms. The average molecular weight is 136 g/mol. The Morgan fingerprint density at radius 2 is 1.90 bits per heavy atom. The molecule has 1 saturated carbocycles. The first-order valence-corrected chi connectivity index (χ1v) is 4.33. The van der Waals surface area contributed by atoms with E-state index in [1.54, 1.807) is 0 Å². The van der Waals surface area contributed by atoms with Crippen LogP contribution in [0.2, 0.25) is 0 Å². The van der Waals surface area contributed by atoms with Crippen LogP contribution in [0.5, 0.6) is 0 Å². The summed E-state index contributed by atoms with van der Waals surface area (Å²) in [6.45, 7) is 1.93. The summed E-state index contributed by atoms with van der Waals surface area (Å²) < 4.78 is 0. The molecular weight excluding hydrogens is 120 g/mol. The van der Waals surface area contributed by atoms with Gasteiger partial charge in [-0.1, -0.05) is 19.3 Å². The molecule has 0 nitrogen and oxygen atoms in total. The Morgan fingerprint density at radius 1 is 1.20 bits per heavy atom. The van der Waals surface area contributed by atoms with Crippen LogP contribution in [0, 0.1) is 17.8 Å². The van der Waals surface area contributed by atoms with E-state index in [-0.39, 0.29) is 0 Å². The third kappa shape index (κ3) is 2.43. The molecule has 0 spiro atoms. The topological polar surface area (TPSA) is 0 Å². The molecule has 0 saturated heterocycles. The van der Waals surface area contributed by atoms with Crippen molar-refractivity contribution < 1.29 is 0 Å². The van der Waals surface area contributed by atoms with Gasteiger partial charge in [0.15, 0.2) is 0 Å². The zero-order chi connectivity index (χ0) is 7.23. The van der Waals surface area contributed by atoms with Crippen LogP contribution in [0.15, 0.2) is 0 Å². The Kier molecular flexibility index (Phi) is 3.36. The predicted molar refractivity (Wildman–Crippen MR) is 44.6 cm³/mol. The maximum Gasteiger partial charge on any atom is 0.0117 e. The molecule has 0 heteroatoms. The second-order valence-electron chi connectivity index (χ2n) is 3.13. The minimum absolute atomic E-state index is 0.932. The maximum absolute atomic E-state index is 3.17. The molecule has 0 aromatic rings. The van der Waals surface area contributed by atoms with Crippen molar-refractivity contribution in [2.75, 3.05) is 0 Å². The van der Waals surface area contributed by atoms with Gasteiger partial charge in [-0.25, -0.2) is 0 Å². The molecule has 56 valence electrons. The minimum atomic E-state index is 0.932. The molecule has 0 bridgehead atoms. The van der Waals surface area contributed by atoms with Crippen molar-refractivity contribution in [3.63, 3.8) is 0 Å². The van der Waals surface area contributed by atoms with Gasteiger partial charge in [-0.3, -0.25) is 0 Å². The summed E-state index contributed by atoms with van der Waals surface area (Å²) in [7, 11) is 0. The van der Waals surface area contributed by atoms with Crippen molar-refractivity contribution in [2.45, 2.75) is 45.4 Å². The van der Waals surface area contributed by atoms with Crippen molar-refractivity contribution in [3.8, 4) is 11.8 Å². The van der Waals surface area contributed by atoms with Gasteiger partial charge in [-0.15, -0.1) is 11.8 Å². The third-order valence-corrected chi connectivity index (χ3v) is 2.29.